The first-order valence-corrected chi connectivity index (χ1v) is 13.4. The van der Waals surface area contributed by atoms with Crippen molar-refractivity contribution >= 4 is 17.3 Å². The summed E-state index contributed by atoms with van der Waals surface area (Å²) >= 11 is 0. The number of imidazole rings is 1. The van der Waals surface area contributed by atoms with Crippen molar-refractivity contribution in [3.63, 3.8) is 0 Å². The lowest BCUT2D eigenvalue weighted by Gasteiger charge is -2.37. The number of piperidine rings is 1. The van der Waals surface area contributed by atoms with Crippen LogP contribution < -0.4 is 9.80 Å². The van der Waals surface area contributed by atoms with E-state index in [0.717, 1.165) is 86.2 Å². The lowest BCUT2D eigenvalue weighted by Crippen LogP contribution is -2.49. The minimum Gasteiger partial charge on any atom is -0.354 e. The Morgan fingerprint density at radius 2 is 1.73 bits per heavy atom. The van der Waals surface area contributed by atoms with Gasteiger partial charge in [-0.05, 0) is 75.1 Å². The average molecular weight is 500 g/mol. The number of piperazine rings is 1. The van der Waals surface area contributed by atoms with Crippen molar-refractivity contribution in [3.05, 3.63) is 72.2 Å². The quantitative estimate of drug-likeness (QED) is 0.377. The Hall–Kier alpha value is -3.52. The van der Waals surface area contributed by atoms with Crippen LogP contribution in [0, 0.1) is 5.82 Å². The van der Waals surface area contributed by atoms with Gasteiger partial charge in [0, 0.05) is 38.8 Å². The molecule has 4 aromatic rings. The number of hydrogen-bond donors (Lipinski definition) is 0. The van der Waals surface area contributed by atoms with E-state index in [-0.39, 0.29) is 11.9 Å². The molecule has 2 aliphatic rings. The lowest BCUT2D eigenvalue weighted by atomic mass is 9.95. The Labute approximate surface area is 217 Å². The second kappa shape index (κ2) is 10.1. The maximum absolute atomic E-state index is 14.0. The summed E-state index contributed by atoms with van der Waals surface area (Å²) in [5.74, 6) is 1.68. The molecule has 2 fully saturated rings. The maximum atomic E-state index is 14.0. The zero-order valence-electron chi connectivity index (χ0n) is 21.6. The number of nitrogens with zero attached hydrogens (tertiary/aromatic N) is 7. The molecule has 0 bridgehead atoms. The fourth-order valence-electron chi connectivity index (χ4n) is 5.67. The molecule has 3 aromatic heterocycles. The first-order valence-electron chi connectivity index (χ1n) is 13.4. The highest BCUT2D eigenvalue weighted by Crippen LogP contribution is 2.35. The zero-order valence-corrected chi connectivity index (χ0v) is 21.6. The summed E-state index contributed by atoms with van der Waals surface area (Å²) in [7, 11) is 0. The number of pyridine rings is 1. The summed E-state index contributed by atoms with van der Waals surface area (Å²) in [4.78, 5) is 16.8. The summed E-state index contributed by atoms with van der Waals surface area (Å²) in [6.45, 7) is 9.44. The van der Waals surface area contributed by atoms with E-state index in [1.807, 2.05) is 35.0 Å². The number of halogens is 1. The third-order valence-corrected chi connectivity index (χ3v) is 7.74. The molecule has 192 valence electrons. The van der Waals surface area contributed by atoms with Crippen molar-refractivity contribution < 1.29 is 4.39 Å². The van der Waals surface area contributed by atoms with Crippen LogP contribution in [0.5, 0.6) is 0 Å². The van der Waals surface area contributed by atoms with Gasteiger partial charge in [-0.25, -0.2) is 18.9 Å². The van der Waals surface area contributed by atoms with E-state index in [1.54, 1.807) is 12.1 Å². The number of rotatable bonds is 5. The minimum atomic E-state index is -0.195. The molecule has 37 heavy (non-hydrogen) atoms. The van der Waals surface area contributed by atoms with E-state index in [1.165, 1.54) is 6.07 Å². The molecule has 6 rings (SSSR count). The van der Waals surface area contributed by atoms with Crippen molar-refractivity contribution in [1.82, 2.24) is 24.5 Å². The van der Waals surface area contributed by atoms with E-state index in [0.29, 0.717) is 6.04 Å². The van der Waals surface area contributed by atoms with E-state index in [9.17, 15) is 4.39 Å². The molecule has 2 aliphatic heterocycles. The van der Waals surface area contributed by atoms with Gasteiger partial charge in [0.25, 0.3) is 0 Å². The molecule has 1 atom stereocenters. The fourth-order valence-corrected chi connectivity index (χ4v) is 5.67. The normalized spacial score (nSPS) is 19.2. The number of fused-ring (bicyclic) bond motifs is 1. The zero-order chi connectivity index (χ0) is 25.4. The van der Waals surface area contributed by atoms with E-state index >= 15 is 0 Å². The topological polar surface area (TPSA) is 52.8 Å². The number of hydrogen-bond acceptors (Lipinski definition) is 6. The van der Waals surface area contributed by atoms with Gasteiger partial charge in [0.2, 0.25) is 0 Å². The van der Waals surface area contributed by atoms with Crippen molar-refractivity contribution in [2.45, 2.75) is 45.2 Å². The van der Waals surface area contributed by atoms with Crippen molar-refractivity contribution in [1.29, 1.82) is 0 Å². The molecular weight excluding hydrogens is 465 g/mol. The Bertz CT molecular complexity index is 1380. The Morgan fingerprint density at radius 1 is 0.892 bits per heavy atom. The smallest absolute Gasteiger partial charge is 0.154 e. The van der Waals surface area contributed by atoms with Gasteiger partial charge in [0.15, 0.2) is 5.65 Å². The number of aromatic nitrogens is 4. The van der Waals surface area contributed by atoms with Gasteiger partial charge in [0.05, 0.1) is 17.9 Å². The van der Waals surface area contributed by atoms with Gasteiger partial charge in [0.1, 0.15) is 23.1 Å². The molecular formula is C29H34FN7. The van der Waals surface area contributed by atoms with Gasteiger partial charge in [-0.15, -0.1) is 5.10 Å². The number of benzene rings is 1. The summed E-state index contributed by atoms with van der Waals surface area (Å²) in [6.07, 6.45) is 5.05. The van der Waals surface area contributed by atoms with Crippen LogP contribution in [-0.4, -0.2) is 63.2 Å². The standard InChI is InChI=1S/C29H34FN7/c1-21(2)34-15-17-35(18-16-34)28-11-6-9-24(32-28)26-20-31-27-12-13-29(33-37(26)27)36-14-4-3-10-25(36)22-7-5-8-23(30)19-22/h5-9,11-13,19-21,25H,3-4,10,14-18H2,1-2H3. The molecule has 0 radical (unpaired) electrons. The largest absolute Gasteiger partial charge is 0.354 e. The van der Waals surface area contributed by atoms with E-state index in [2.05, 4.69) is 45.7 Å². The second-order valence-corrected chi connectivity index (χ2v) is 10.4. The Morgan fingerprint density at radius 3 is 2.54 bits per heavy atom. The first-order chi connectivity index (χ1) is 18.1. The molecule has 0 amide bonds. The van der Waals surface area contributed by atoms with Gasteiger partial charge >= 0.3 is 0 Å². The summed E-state index contributed by atoms with van der Waals surface area (Å²) in [5.41, 5.74) is 3.52. The summed E-state index contributed by atoms with van der Waals surface area (Å²) in [6, 6.07) is 17.9. The van der Waals surface area contributed by atoms with Gasteiger partial charge in [-0.3, -0.25) is 4.90 Å². The molecule has 1 unspecified atom stereocenters. The highest BCUT2D eigenvalue weighted by atomic mass is 19.1. The summed E-state index contributed by atoms with van der Waals surface area (Å²) < 4.78 is 15.9. The van der Waals surface area contributed by atoms with Crippen LogP contribution in [0.2, 0.25) is 0 Å². The van der Waals surface area contributed by atoms with Gasteiger partial charge in [-0.2, -0.15) is 0 Å². The van der Waals surface area contributed by atoms with E-state index < -0.39 is 0 Å². The SMILES string of the molecule is CC(C)N1CCN(c2cccc(-c3cnc4ccc(N5CCCCC5c5cccc(F)c5)nn34)n2)CC1. The third kappa shape index (κ3) is 4.78. The minimum absolute atomic E-state index is 0.104. The monoisotopic (exact) mass is 499 g/mol. The molecule has 0 aliphatic carbocycles. The van der Waals surface area contributed by atoms with Crippen LogP contribution >= 0.6 is 0 Å². The predicted octanol–water partition coefficient (Wildman–Crippen LogP) is 5.19. The molecule has 7 nitrogen and oxygen atoms in total. The van der Waals surface area contributed by atoms with Crippen LogP contribution in [0.3, 0.4) is 0 Å². The predicted molar refractivity (Wildman–Crippen MR) is 145 cm³/mol. The highest BCUT2D eigenvalue weighted by Gasteiger charge is 2.26. The van der Waals surface area contributed by atoms with Crippen molar-refractivity contribution in [2.24, 2.45) is 0 Å². The van der Waals surface area contributed by atoms with Crippen molar-refractivity contribution in [2.75, 3.05) is 42.5 Å². The van der Waals surface area contributed by atoms with Crippen molar-refractivity contribution in [3.8, 4) is 11.4 Å². The highest BCUT2D eigenvalue weighted by molar-refractivity contribution is 5.62. The van der Waals surface area contributed by atoms with Crippen LogP contribution in [0.1, 0.15) is 44.7 Å². The van der Waals surface area contributed by atoms with Crippen LogP contribution in [0.15, 0.2) is 60.8 Å². The Balaban J connectivity index is 1.30. The first kappa shape index (κ1) is 23.9. The third-order valence-electron chi connectivity index (χ3n) is 7.74. The number of anilines is 2. The molecule has 5 heterocycles. The van der Waals surface area contributed by atoms with Gasteiger partial charge < -0.3 is 9.80 Å². The van der Waals surface area contributed by atoms with E-state index in [4.69, 9.17) is 10.1 Å². The van der Waals surface area contributed by atoms with Crippen LogP contribution in [-0.2, 0) is 0 Å². The fraction of sp³-hybridized carbons (Fsp3) is 0.414. The Kier molecular flexibility index (Phi) is 6.50. The molecule has 1 aromatic carbocycles. The molecule has 0 spiro atoms. The molecule has 2 saturated heterocycles. The maximum Gasteiger partial charge on any atom is 0.154 e. The van der Waals surface area contributed by atoms with Crippen LogP contribution in [0.4, 0.5) is 16.0 Å². The average Bonchev–Trinajstić information content (AvgIpc) is 3.36. The molecule has 0 saturated carbocycles. The van der Waals surface area contributed by atoms with Gasteiger partial charge in [-0.1, -0.05) is 18.2 Å². The summed E-state index contributed by atoms with van der Waals surface area (Å²) in [5, 5.41) is 5.03. The second-order valence-electron chi connectivity index (χ2n) is 10.4. The van der Waals surface area contributed by atoms with Crippen LogP contribution in [0.25, 0.3) is 17.0 Å². The molecule has 0 N–H and O–H groups in total. The molecule has 8 heteroatoms. The lowest BCUT2D eigenvalue weighted by molar-refractivity contribution is 0.209.